The minimum atomic E-state index is -4.61. The van der Waals surface area contributed by atoms with Crippen LogP contribution in [-0.2, 0) is 14.6 Å². The molecule has 6 heteroatoms. The monoisotopic (exact) mass is 323 g/mol. The predicted octanol–water partition coefficient (Wildman–Crippen LogP) is 3.38. The topological polar surface area (TPSA) is 86.7 Å². The minimum Gasteiger partial charge on any atom is -0.726 e. The van der Waals surface area contributed by atoms with Crippen molar-refractivity contribution in [2.24, 2.45) is 5.92 Å². The van der Waals surface area contributed by atoms with Gasteiger partial charge in [0, 0.05) is 6.61 Å². The molecule has 21 heavy (non-hydrogen) atoms. The molecule has 1 N–H and O–H groups in total. The van der Waals surface area contributed by atoms with Crippen LogP contribution in [0.1, 0.15) is 78.1 Å². The number of rotatable bonds is 14. The van der Waals surface area contributed by atoms with E-state index >= 15 is 0 Å². The van der Waals surface area contributed by atoms with E-state index in [1.54, 1.807) is 0 Å². The fraction of sp³-hybridized carbons (Fsp3) is 1.00. The van der Waals surface area contributed by atoms with Crippen LogP contribution in [-0.4, -0.2) is 30.8 Å². The van der Waals surface area contributed by atoms with Gasteiger partial charge in [0.2, 0.25) is 10.4 Å². The van der Waals surface area contributed by atoms with Gasteiger partial charge in [-0.05, 0) is 25.2 Å². The molecule has 0 radical (unpaired) electrons. The second kappa shape index (κ2) is 12.4. The molecule has 0 aromatic heterocycles. The van der Waals surface area contributed by atoms with Crippen molar-refractivity contribution in [3.05, 3.63) is 0 Å². The third kappa shape index (κ3) is 16.0. The first kappa shape index (κ1) is 20.8. The Morgan fingerprint density at radius 2 is 1.43 bits per heavy atom. The Morgan fingerprint density at radius 1 is 0.905 bits per heavy atom. The zero-order chi connectivity index (χ0) is 16.1. The Bertz CT molecular complexity index is 327. The normalized spacial score (nSPS) is 13.8. The molecular formula is C15H31O5S-. The third-order valence-electron chi connectivity index (χ3n) is 3.50. The van der Waals surface area contributed by atoms with E-state index < -0.39 is 16.5 Å². The first-order valence-electron chi connectivity index (χ1n) is 8.10. The largest absolute Gasteiger partial charge is 0.726 e. The minimum absolute atomic E-state index is 0.243. The van der Waals surface area contributed by atoms with Gasteiger partial charge in [0.1, 0.15) is 0 Å². The van der Waals surface area contributed by atoms with Crippen molar-refractivity contribution in [2.45, 2.75) is 84.2 Å². The summed E-state index contributed by atoms with van der Waals surface area (Å²) in [4.78, 5) is 0. The van der Waals surface area contributed by atoms with E-state index in [9.17, 15) is 13.0 Å². The van der Waals surface area contributed by atoms with Crippen LogP contribution in [0.5, 0.6) is 0 Å². The Morgan fingerprint density at radius 3 is 1.95 bits per heavy atom. The Hall–Kier alpha value is -0.170. The van der Waals surface area contributed by atoms with E-state index in [-0.39, 0.29) is 6.61 Å². The highest BCUT2D eigenvalue weighted by Crippen LogP contribution is 2.18. The molecule has 0 aromatic carbocycles. The molecule has 0 bridgehead atoms. The van der Waals surface area contributed by atoms with Crippen molar-refractivity contribution >= 4 is 10.4 Å². The zero-order valence-electron chi connectivity index (χ0n) is 13.4. The molecule has 0 aliphatic heterocycles. The van der Waals surface area contributed by atoms with Crippen molar-refractivity contribution in [1.29, 1.82) is 0 Å². The van der Waals surface area contributed by atoms with Crippen molar-refractivity contribution in [3.63, 3.8) is 0 Å². The van der Waals surface area contributed by atoms with Gasteiger partial charge in [-0.3, -0.25) is 4.18 Å². The molecule has 1 atom stereocenters. The third-order valence-corrected chi connectivity index (χ3v) is 4.00. The molecular weight excluding hydrogens is 292 g/mol. The van der Waals surface area contributed by atoms with E-state index in [1.165, 1.54) is 0 Å². The number of unbranched alkanes of at least 4 members (excludes halogenated alkanes) is 5. The van der Waals surface area contributed by atoms with Gasteiger partial charge in [0.05, 0.1) is 6.10 Å². The molecule has 0 rings (SSSR count). The van der Waals surface area contributed by atoms with E-state index in [0.29, 0.717) is 18.8 Å². The maximum atomic E-state index is 10.7. The van der Waals surface area contributed by atoms with Crippen LogP contribution >= 0.6 is 0 Å². The van der Waals surface area contributed by atoms with Crippen LogP contribution in [0.25, 0.3) is 0 Å². The van der Waals surface area contributed by atoms with Crippen LogP contribution in [0.2, 0.25) is 0 Å². The molecule has 0 saturated heterocycles. The van der Waals surface area contributed by atoms with Gasteiger partial charge in [-0.1, -0.05) is 58.8 Å². The van der Waals surface area contributed by atoms with Crippen LogP contribution < -0.4 is 0 Å². The molecule has 1 unspecified atom stereocenters. The Labute approximate surface area is 130 Å². The van der Waals surface area contributed by atoms with Crippen molar-refractivity contribution in [2.75, 3.05) is 6.61 Å². The maximum absolute atomic E-state index is 10.7. The lowest BCUT2D eigenvalue weighted by Crippen LogP contribution is -2.18. The van der Waals surface area contributed by atoms with E-state index in [0.717, 1.165) is 51.4 Å². The number of aliphatic hydroxyl groups is 1. The summed E-state index contributed by atoms with van der Waals surface area (Å²) in [6, 6.07) is 0. The van der Waals surface area contributed by atoms with Gasteiger partial charge in [-0.25, -0.2) is 8.42 Å². The van der Waals surface area contributed by atoms with Crippen molar-refractivity contribution in [3.8, 4) is 0 Å². The van der Waals surface area contributed by atoms with Crippen LogP contribution in [0.4, 0.5) is 0 Å². The zero-order valence-corrected chi connectivity index (χ0v) is 14.2. The molecule has 128 valence electrons. The van der Waals surface area contributed by atoms with Gasteiger partial charge < -0.3 is 9.66 Å². The Balaban J connectivity index is 3.88. The number of hydrogen-bond acceptors (Lipinski definition) is 5. The smallest absolute Gasteiger partial charge is 0.217 e. The maximum Gasteiger partial charge on any atom is 0.217 e. The second-order valence-corrected chi connectivity index (χ2v) is 7.09. The van der Waals surface area contributed by atoms with E-state index in [2.05, 4.69) is 18.0 Å². The second-order valence-electron chi connectivity index (χ2n) is 6.08. The molecule has 0 heterocycles. The average Bonchev–Trinajstić information content (AvgIpc) is 2.35. The highest BCUT2D eigenvalue weighted by molar-refractivity contribution is 7.80. The van der Waals surface area contributed by atoms with E-state index in [1.807, 2.05) is 0 Å². The van der Waals surface area contributed by atoms with Gasteiger partial charge in [-0.15, -0.1) is 0 Å². The molecule has 0 saturated carbocycles. The summed E-state index contributed by atoms with van der Waals surface area (Å²) in [5.41, 5.74) is 0. The molecule has 0 aliphatic carbocycles. The summed E-state index contributed by atoms with van der Waals surface area (Å²) < 4.78 is 36.9. The van der Waals surface area contributed by atoms with Crippen molar-refractivity contribution in [1.82, 2.24) is 0 Å². The first-order chi connectivity index (χ1) is 9.85. The van der Waals surface area contributed by atoms with Crippen LogP contribution in [0.3, 0.4) is 0 Å². The summed E-state index contributed by atoms with van der Waals surface area (Å²) in [6.07, 6.45) is 8.59. The summed E-state index contributed by atoms with van der Waals surface area (Å²) in [5.74, 6) is 0.570. The highest BCUT2D eigenvalue weighted by atomic mass is 32.3. The van der Waals surface area contributed by atoms with Gasteiger partial charge in [-0.2, -0.15) is 0 Å². The first-order valence-corrected chi connectivity index (χ1v) is 9.43. The lowest BCUT2D eigenvalue weighted by Gasteiger charge is -2.19. The SMILES string of the molecule is CC(C)CCCC(CCCCCCCCO)OS(=O)(=O)[O-]. The molecule has 0 aromatic rings. The van der Waals surface area contributed by atoms with Gasteiger partial charge in [0.15, 0.2) is 0 Å². The molecule has 0 fully saturated rings. The fourth-order valence-corrected chi connectivity index (χ4v) is 2.88. The predicted molar refractivity (Wildman–Crippen MR) is 82.7 cm³/mol. The summed E-state index contributed by atoms with van der Waals surface area (Å²) in [7, 11) is -4.61. The molecule has 0 spiro atoms. The summed E-state index contributed by atoms with van der Waals surface area (Å²) >= 11 is 0. The lowest BCUT2D eigenvalue weighted by atomic mass is 10.0. The number of aliphatic hydroxyl groups excluding tert-OH is 1. The number of hydrogen-bond donors (Lipinski definition) is 1. The quantitative estimate of drug-likeness (QED) is 0.301. The molecule has 0 amide bonds. The summed E-state index contributed by atoms with van der Waals surface area (Å²) in [6.45, 7) is 4.48. The van der Waals surface area contributed by atoms with Gasteiger partial charge in [0.25, 0.3) is 0 Å². The van der Waals surface area contributed by atoms with Crippen LogP contribution in [0, 0.1) is 5.92 Å². The lowest BCUT2D eigenvalue weighted by molar-refractivity contribution is 0.153. The molecule has 5 nitrogen and oxygen atoms in total. The molecule has 0 aliphatic rings. The highest BCUT2D eigenvalue weighted by Gasteiger charge is 2.13. The van der Waals surface area contributed by atoms with Crippen LogP contribution in [0.15, 0.2) is 0 Å². The van der Waals surface area contributed by atoms with E-state index in [4.69, 9.17) is 5.11 Å². The Kier molecular flexibility index (Phi) is 12.3. The van der Waals surface area contributed by atoms with Crippen molar-refractivity contribution < 1.29 is 22.3 Å². The fourth-order valence-electron chi connectivity index (χ4n) is 2.35. The van der Waals surface area contributed by atoms with Gasteiger partial charge >= 0.3 is 0 Å². The average molecular weight is 323 g/mol. The summed E-state index contributed by atoms with van der Waals surface area (Å²) in [5, 5.41) is 8.67. The standard InChI is InChI=1S/C15H32O5S/c1-14(2)10-9-12-15(20-21(17,18)19)11-7-5-3-4-6-8-13-16/h14-16H,3-13H2,1-2H3,(H,17,18,19)/p-1.